The molecule has 0 atom stereocenters. The minimum atomic E-state index is -2.56. The van der Waals surface area contributed by atoms with Crippen LogP contribution in [0.25, 0.3) is 0 Å². The molecule has 0 rings (SSSR count). The molecule has 4 nitrogen and oxygen atoms in total. The molecule has 106 valence electrons. The van der Waals surface area contributed by atoms with Crippen LogP contribution in [0.3, 0.4) is 0 Å². The van der Waals surface area contributed by atoms with E-state index < -0.39 is 8.80 Å². The lowest BCUT2D eigenvalue weighted by molar-refractivity contribution is -0.114. The van der Waals surface area contributed by atoms with Gasteiger partial charge in [0.1, 0.15) is 0 Å². The zero-order chi connectivity index (χ0) is 13.9. The van der Waals surface area contributed by atoms with E-state index in [1.807, 2.05) is 27.7 Å². The van der Waals surface area contributed by atoms with Crippen LogP contribution in [0.4, 0.5) is 0 Å². The van der Waals surface area contributed by atoms with Crippen molar-refractivity contribution in [1.29, 1.82) is 0 Å². The Morgan fingerprint density at radius 1 is 1.06 bits per heavy atom. The Balaban J connectivity index is 4.33. The van der Waals surface area contributed by atoms with Gasteiger partial charge < -0.3 is 13.3 Å². The normalized spacial score (nSPS) is 12.2. The third-order valence-electron chi connectivity index (χ3n) is 2.35. The van der Waals surface area contributed by atoms with Gasteiger partial charge in [-0.2, -0.15) is 0 Å². The van der Waals surface area contributed by atoms with Gasteiger partial charge in [-0.15, -0.1) is 0 Å². The van der Waals surface area contributed by atoms with E-state index in [1.54, 1.807) is 12.2 Å². The number of carbonyl (C=O) groups is 1. The van der Waals surface area contributed by atoms with E-state index >= 15 is 0 Å². The van der Waals surface area contributed by atoms with E-state index in [1.165, 1.54) is 0 Å². The standard InChI is InChI=1S/C13H26O4Si/c1-5-10-13(14)11-9-12-18(15-6-2,16-7-3)17-8-4/h5,10H,6-9,11-12H2,1-4H3. The summed E-state index contributed by atoms with van der Waals surface area (Å²) in [6, 6.07) is 0.700. The summed E-state index contributed by atoms with van der Waals surface area (Å²) in [4.78, 5) is 11.4. The number of ketones is 1. The van der Waals surface area contributed by atoms with Gasteiger partial charge in [0.05, 0.1) is 0 Å². The molecule has 0 aromatic carbocycles. The van der Waals surface area contributed by atoms with Gasteiger partial charge in [0.25, 0.3) is 0 Å². The fourth-order valence-electron chi connectivity index (χ4n) is 1.75. The molecule has 0 aromatic rings. The molecule has 0 saturated heterocycles. The van der Waals surface area contributed by atoms with Crippen LogP contribution >= 0.6 is 0 Å². The second-order valence-electron chi connectivity index (χ2n) is 3.80. The highest BCUT2D eigenvalue weighted by atomic mass is 28.4. The van der Waals surface area contributed by atoms with E-state index in [2.05, 4.69) is 0 Å². The maximum Gasteiger partial charge on any atom is 0.500 e. The Bertz CT molecular complexity index is 236. The lowest BCUT2D eigenvalue weighted by atomic mass is 10.2. The lowest BCUT2D eigenvalue weighted by Gasteiger charge is -2.28. The van der Waals surface area contributed by atoms with Crippen molar-refractivity contribution in [1.82, 2.24) is 0 Å². The van der Waals surface area contributed by atoms with Crippen molar-refractivity contribution in [3.05, 3.63) is 12.2 Å². The van der Waals surface area contributed by atoms with Crippen molar-refractivity contribution in [2.45, 2.75) is 46.6 Å². The predicted molar refractivity (Wildman–Crippen MR) is 74.5 cm³/mol. The molecule has 0 heterocycles. The fraction of sp³-hybridized carbons (Fsp3) is 0.769. The first-order chi connectivity index (χ1) is 8.64. The summed E-state index contributed by atoms with van der Waals surface area (Å²) in [5, 5.41) is 0. The third kappa shape index (κ3) is 7.06. The van der Waals surface area contributed by atoms with Crippen molar-refractivity contribution in [3.8, 4) is 0 Å². The maximum atomic E-state index is 11.4. The summed E-state index contributed by atoms with van der Waals surface area (Å²) in [5.74, 6) is 0.143. The Morgan fingerprint density at radius 2 is 1.56 bits per heavy atom. The van der Waals surface area contributed by atoms with Gasteiger partial charge in [-0.1, -0.05) is 6.08 Å². The van der Waals surface area contributed by atoms with Crippen LogP contribution < -0.4 is 0 Å². The van der Waals surface area contributed by atoms with Gasteiger partial charge >= 0.3 is 8.80 Å². The van der Waals surface area contributed by atoms with Gasteiger partial charge in [0, 0.05) is 32.3 Å². The molecule has 5 heteroatoms. The SMILES string of the molecule is CC=CC(=O)CCC[Si](OCC)(OCC)OCC. The third-order valence-corrected chi connectivity index (χ3v) is 5.50. The first-order valence-corrected chi connectivity index (χ1v) is 8.64. The Hall–Kier alpha value is -0.493. The lowest BCUT2D eigenvalue weighted by Crippen LogP contribution is -2.45. The molecule has 0 aliphatic carbocycles. The molecular formula is C13H26O4Si. The van der Waals surface area contributed by atoms with E-state index in [4.69, 9.17) is 13.3 Å². The van der Waals surface area contributed by atoms with Crippen LogP contribution in [0.15, 0.2) is 12.2 Å². The largest absolute Gasteiger partial charge is 0.500 e. The second-order valence-corrected chi connectivity index (χ2v) is 6.53. The number of carbonyl (C=O) groups excluding carboxylic acids is 1. The van der Waals surface area contributed by atoms with Crippen LogP contribution in [-0.4, -0.2) is 34.4 Å². The number of hydrogen-bond donors (Lipinski definition) is 0. The molecule has 0 radical (unpaired) electrons. The van der Waals surface area contributed by atoms with Crippen molar-refractivity contribution < 1.29 is 18.1 Å². The maximum absolute atomic E-state index is 11.4. The highest BCUT2D eigenvalue weighted by molar-refractivity contribution is 6.60. The molecule has 18 heavy (non-hydrogen) atoms. The topological polar surface area (TPSA) is 44.8 Å². The summed E-state index contributed by atoms with van der Waals surface area (Å²) < 4.78 is 17.2. The first-order valence-electron chi connectivity index (χ1n) is 6.71. The summed E-state index contributed by atoms with van der Waals surface area (Å²) in [5.41, 5.74) is 0. The zero-order valence-electron chi connectivity index (χ0n) is 12.0. The molecular weight excluding hydrogens is 248 g/mol. The molecule has 0 aliphatic heterocycles. The van der Waals surface area contributed by atoms with Crippen LogP contribution in [0.1, 0.15) is 40.5 Å². The second kappa shape index (κ2) is 10.4. The zero-order valence-corrected chi connectivity index (χ0v) is 13.0. The van der Waals surface area contributed by atoms with Crippen LogP contribution in [-0.2, 0) is 18.1 Å². The van der Waals surface area contributed by atoms with E-state index in [0.29, 0.717) is 32.3 Å². The average Bonchev–Trinajstić information content (AvgIpc) is 2.30. The molecule has 0 fully saturated rings. The Labute approximate surface area is 112 Å². The van der Waals surface area contributed by atoms with Crippen molar-refractivity contribution >= 4 is 14.6 Å². The van der Waals surface area contributed by atoms with Crippen LogP contribution in [0.5, 0.6) is 0 Å². The minimum absolute atomic E-state index is 0.143. The number of rotatable bonds is 11. The molecule has 0 bridgehead atoms. The molecule has 0 aromatic heterocycles. The molecule has 0 spiro atoms. The smallest absolute Gasteiger partial charge is 0.374 e. The Morgan fingerprint density at radius 3 is 1.94 bits per heavy atom. The van der Waals surface area contributed by atoms with Crippen molar-refractivity contribution in [2.75, 3.05) is 19.8 Å². The van der Waals surface area contributed by atoms with Gasteiger partial charge in [-0.3, -0.25) is 4.79 Å². The van der Waals surface area contributed by atoms with Gasteiger partial charge in [-0.05, 0) is 40.2 Å². The van der Waals surface area contributed by atoms with E-state index in [-0.39, 0.29) is 5.78 Å². The van der Waals surface area contributed by atoms with Gasteiger partial charge in [0.2, 0.25) is 0 Å². The van der Waals surface area contributed by atoms with Crippen molar-refractivity contribution in [2.24, 2.45) is 0 Å². The number of allylic oxidation sites excluding steroid dienone is 2. The molecule has 0 saturated carbocycles. The minimum Gasteiger partial charge on any atom is -0.374 e. The van der Waals surface area contributed by atoms with E-state index in [0.717, 1.165) is 6.42 Å². The predicted octanol–water partition coefficient (Wildman–Crippen LogP) is 2.96. The number of hydrogen-bond acceptors (Lipinski definition) is 4. The monoisotopic (exact) mass is 274 g/mol. The summed E-state index contributed by atoms with van der Waals surface area (Å²) in [7, 11) is -2.56. The molecule has 0 unspecified atom stereocenters. The van der Waals surface area contributed by atoms with E-state index in [9.17, 15) is 4.79 Å². The summed E-state index contributed by atoms with van der Waals surface area (Å²) in [6.45, 7) is 9.39. The molecule has 0 N–H and O–H groups in total. The summed E-state index contributed by atoms with van der Waals surface area (Å²) in [6.07, 6.45) is 4.63. The highest BCUT2D eigenvalue weighted by Crippen LogP contribution is 2.19. The van der Waals surface area contributed by atoms with Gasteiger partial charge in [-0.25, -0.2) is 0 Å². The fourth-order valence-corrected chi connectivity index (χ4v) is 4.36. The summed E-state index contributed by atoms with van der Waals surface area (Å²) >= 11 is 0. The first kappa shape index (κ1) is 17.5. The average molecular weight is 274 g/mol. The molecule has 0 amide bonds. The van der Waals surface area contributed by atoms with Crippen molar-refractivity contribution in [3.63, 3.8) is 0 Å². The van der Waals surface area contributed by atoms with Gasteiger partial charge in [0.15, 0.2) is 5.78 Å². The van der Waals surface area contributed by atoms with Crippen LogP contribution in [0.2, 0.25) is 6.04 Å². The Kier molecular flexibility index (Phi) is 10.1. The molecule has 0 aliphatic rings. The van der Waals surface area contributed by atoms with Crippen LogP contribution in [0, 0.1) is 0 Å². The quantitative estimate of drug-likeness (QED) is 0.429. The highest BCUT2D eigenvalue weighted by Gasteiger charge is 2.39.